The third kappa shape index (κ3) is 2.75. The van der Waals surface area contributed by atoms with Gasteiger partial charge in [0.1, 0.15) is 12.2 Å². The molecule has 2 heterocycles. The van der Waals surface area contributed by atoms with Gasteiger partial charge in [-0.05, 0) is 5.56 Å². The van der Waals surface area contributed by atoms with Gasteiger partial charge in [0.25, 0.3) is 0 Å². The molecule has 0 aromatic carbocycles. The van der Waals surface area contributed by atoms with Crippen LogP contribution in [0.4, 0.5) is 5.95 Å². The van der Waals surface area contributed by atoms with Crippen LogP contribution in [0.25, 0.3) is 0 Å². The Balaban J connectivity index is 2.07. The van der Waals surface area contributed by atoms with E-state index in [1.54, 1.807) is 14.2 Å². The van der Waals surface area contributed by atoms with E-state index in [1.165, 1.54) is 0 Å². The molecular weight excluding hydrogens is 286 g/mol. The number of hydrogen-bond acceptors (Lipinski definition) is 5. The largest absolute Gasteiger partial charge is 0.377 e. The van der Waals surface area contributed by atoms with Crippen molar-refractivity contribution in [1.29, 1.82) is 0 Å². The van der Waals surface area contributed by atoms with E-state index in [0.29, 0.717) is 0 Å². The van der Waals surface area contributed by atoms with Gasteiger partial charge in [0, 0.05) is 45.0 Å². The number of aromatic nitrogens is 2. The molecule has 0 bridgehead atoms. The van der Waals surface area contributed by atoms with Gasteiger partial charge in [-0.3, -0.25) is 0 Å². The van der Waals surface area contributed by atoms with Crippen LogP contribution in [0.15, 0.2) is 12.4 Å². The van der Waals surface area contributed by atoms with E-state index in [0.717, 1.165) is 29.9 Å². The molecule has 1 saturated heterocycles. The summed E-state index contributed by atoms with van der Waals surface area (Å²) in [5.41, 5.74) is 1.07. The molecule has 0 N–H and O–H groups in total. The van der Waals surface area contributed by atoms with Gasteiger partial charge >= 0.3 is 0 Å². The molecular formula is C11H16BrN3O2. The van der Waals surface area contributed by atoms with Crippen LogP contribution in [0.1, 0.15) is 5.56 Å². The fraction of sp³-hybridized carbons (Fsp3) is 0.636. The minimum atomic E-state index is 0.0828. The standard InChI is InChI=1S/C11H16BrN3O2/c1-16-9-6-15(7-10(9)17-2)11-13-4-8(3-12)5-14-11/h4-5,9-10H,3,6-7H2,1-2H3. The Hall–Kier alpha value is -0.720. The van der Waals surface area contributed by atoms with Crippen molar-refractivity contribution < 1.29 is 9.47 Å². The molecule has 5 nitrogen and oxygen atoms in total. The summed E-state index contributed by atoms with van der Waals surface area (Å²) in [5.74, 6) is 0.733. The molecule has 1 aliphatic heterocycles. The van der Waals surface area contributed by atoms with Gasteiger partial charge in [0.05, 0.1) is 0 Å². The van der Waals surface area contributed by atoms with Crippen LogP contribution >= 0.6 is 15.9 Å². The molecule has 0 saturated carbocycles. The molecule has 17 heavy (non-hydrogen) atoms. The van der Waals surface area contributed by atoms with E-state index in [-0.39, 0.29) is 12.2 Å². The summed E-state index contributed by atoms with van der Waals surface area (Å²) in [6, 6.07) is 0. The summed E-state index contributed by atoms with van der Waals surface area (Å²) in [7, 11) is 3.41. The Morgan fingerprint density at radius 2 is 1.76 bits per heavy atom. The Kier molecular flexibility index (Phi) is 4.31. The summed E-state index contributed by atoms with van der Waals surface area (Å²) in [4.78, 5) is 10.8. The first-order valence-corrected chi connectivity index (χ1v) is 6.58. The van der Waals surface area contributed by atoms with Crippen molar-refractivity contribution in [3.05, 3.63) is 18.0 Å². The predicted molar refractivity (Wildman–Crippen MR) is 68.5 cm³/mol. The van der Waals surface area contributed by atoms with Gasteiger partial charge in [0.15, 0.2) is 0 Å². The highest BCUT2D eigenvalue weighted by molar-refractivity contribution is 9.08. The lowest BCUT2D eigenvalue weighted by Crippen LogP contribution is -2.27. The normalized spacial score (nSPS) is 24.3. The number of halogens is 1. The number of alkyl halides is 1. The van der Waals surface area contributed by atoms with Gasteiger partial charge in [-0.2, -0.15) is 0 Å². The lowest BCUT2D eigenvalue weighted by molar-refractivity contribution is -0.00461. The van der Waals surface area contributed by atoms with E-state index in [4.69, 9.17) is 9.47 Å². The summed E-state index contributed by atoms with van der Waals surface area (Å²) in [6.07, 6.45) is 3.83. The first-order valence-electron chi connectivity index (χ1n) is 5.46. The second-order valence-corrected chi connectivity index (χ2v) is 4.54. The Morgan fingerprint density at radius 3 is 2.18 bits per heavy atom. The maximum atomic E-state index is 5.38. The van der Waals surface area contributed by atoms with Crippen LogP contribution in [0.3, 0.4) is 0 Å². The van der Waals surface area contributed by atoms with Crippen molar-refractivity contribution in [2.75, 3.05) is 32.2 Å². The van der Waals surface area contributed by atoms with Crippen molar-refractivity contribution >= 4 is 21.9 Å². The second-order valence-electron chi connectivity index (χ2n) is 3.98. The summed E-state index contributed by atoms with van der Waals surface area (Å²) >= 11 is 3.37. The van der Waals surface area contributed by atoms with Crippen molar-refractivity contribution in [1.82, 2.24) is 9.97 Å². The van der Waals surface area contributed by atoms with Crippen LogP contribution < -0.4 is 4.90 Å². The number of nitrogens with zero attached hydrogens (tertiary/aromatic N) is 3. The van der Waals surface area contributed by atoms with E-state index in [2.05, 4.69) is 30.8 Å². The van der Waals surface area contributed by atoms with E-state index >= 15 is 0 Å². The molecule has 0 aliphatic carbocycles. The first-order chi connectivity index (χ1) is 8.28. The van der Waals surface area contributed by atoms with Crippen molar-refractivity contribution in [3.63, 3.8) is 0 Å². The molecule has 2 atom stereocenters. The van der Waals surface area contributed by atoms with Crippen molar-refractivity contribution in [2.24, 2.45) is 0 Å². The zero-order valence-corrected chi connectivity index (χ0v) is 11.6. The molecule has 0 amide bonds. The highest BCUT2D eigenvalue weighted by atomic mass is 79.9. The van der Waals surface area contributed by atoms with Crippen LogP contribution in [0.5, 0.6) is 0 Å². The maximum absolute atomic E-state index is 5.38. The van der Waals surface area contributed by atoms with E-state index in [1.807, 2.05) is 12.4 Å². The molecule has 0 radical (unpaired) electrons. The van der Waals surface area contributed by atoms with Gasteiger partial charge in [-0.15, -0.1) is 0 Å². The molecule has 94 valence electrons. The summed E-state index contributed by atoms with van der Waals surface area (Å²) < 4.78 is 10.8. The van der Waals surface area contributed by atoms with Crippen LogP contribution in [-0.4, -0.2) is 49.5 Å². The average Bonchev–Trinajstić information content (AvgIpc) is 2.82. The first kappa shape index (κ1) is 12.7. The molecule has 2 unspecified atom stereocenters. The maximum Gasteiger partial charge on any atom is 0.225 e. The third-order valence-corrected chi connectivity index (χ3v) is 3.60. The third-order valence-electron chi connectivity index (χ3n) is 2.95. The minimum Gasteiger partial charge on any atom is -0.377 e. The minimum absolute atomic E-state index is 0.0828. The number of hydrogen-bond donors (Lipinski definition) is 0. The van der Waals surface area contributed by atoms with Crippen LogP contribution in [0, 0.1) is 0 Å². The van der Waals surface area contributed by atoms with Gasteiger partial charge in [0.2, 0.25) is 5.95 Å². The van der Waals surface area contributed by atoms with Crippen LogP contribution in [0.2, 0.25) is 0 Å². The molecule has 6 heteroatoms. The molecule has 2 rings (SSSR count). The fourth-order valence-corrected chi connectivity index (χ4v) is 2.23. The van der Waals surface area contributed by atoms with E-state index < -0.39 is 0 Å². The molecule has 0 spiro atoms. The number of anilines is 1. The Labute approximate surface area is 109 Å². The lowest BCUT2D eigenvalue weighted by Gasteiger charge is -2.15. The molecule has 1 fully saturated rings. The zero-order chi connectivity index (χ0) is 12.3. The number of ether oxygens (including phenoxy) is 2. The SMILES string of the molecule is COC1CN(c2ncc(CBr)cn2)CC1OC. The van der Waals surface area contributed by atoms with Crippen molar-refractivity contribution in [3.8, 4) is 0 Å². The smallest absolute Gasteiger partial charge is 0.225 e. The summed E-state index contributed by atoms with van der Waals surface area (Å²) in [5, 5.41) is 0.772. The average molecular weight is 302 g/mol. The topological polar surface area (TPSA) is 47.5 Å². The van der Waals surface area contributed by atoms with Crippen molar-refractivity contribution in [2.45, 2.75) is 17.5 Å². The Bertz CT molecular complexity index is 348. The molecule has 1 aromatic rings. The van der Waals surface area contributed by atoms with Crippen LogP contribution in [-0.2, 0) is 14.8 Å². The highest BCUT2D eigenvalue weighted by Crippen LogP contribution is 2.20. The van der Waals surface area contributed by atoms with E-state index in [9.17, 15) is 0 Å². The highest BCUT2D eigenvalue weighted by Gasteiger charge is 2.34. The monoisotopic (exact) mass is 301 g/mol. The zero-order valence-electron chi connectivity index (χ0n) is 9.97. The van der Waals surface area contributed by atoms with Gasteiger partial charge in [-0.25, -0.2) is 9.97 Å². The Morgan fingerprint density at radius 1 is 1.24 bits per heavy atom. The fourth-order valence-electron chi connectivity index (χ4n) is 1.94. The molecule has 1 aliphatic rings. The second kappa shape index (κ2) is 5.75. The number of methoxy groups -OCH3 is 2. The quantitative estimate of drug-likeness (QED) is 0.783. The number of rotatable bonds is 4. The van der Waals surface area contributed by atoms with Gasteiger partial charge in [-0.1, -0.05) is 15.9 Å². The summed E-state index contributed by atoms with van der Waals surface area (Å²) in [6.45, 7) is 1.53. The predicted octanol–water partition coefficient (Wildman–Crippen LogP) is 1.22. The van der Waals surface area contributed by atoms with Gasteiger partial charge < -0.3 is 14.4 Å². The lowest BCUT2D eigenvalue weighted by atomic mass is 10.3. The molecule has 1 aromatic heterocycles.